The van der Waals surface area contributed by atoms with Crippen LogP contribution in [-0.2, 0) is 4.79 Å². The Hall–Kier alpha value is -1.07. The highest BCUT2D eigenvalue weighted by atomic mass is 32.2. The summed E-state index contributed by atoms with van der Waals surface area (Å²) in [5.41, 5.74) is 0. The van der Waals surface area contributed by atoms with Crippen LogP contribution >= 0.6 is 23.1 Å². The van der Waals surface area contributed by atoms with Crippen LogP contribution in [0.2, 0.25) is 0 Å². The zero-order valence-electron chi connectivity index (χ0n) is 12.7. The van der Waals surface area contributed by atoms with Gasteiger partial charge in [-0.2, -0.15) is 0 Å². The van der Waals surface area contributed by atoms with Crippen molar-refractivity contribution in [2.24, 2.45) is 4.99 Å². The lowest BCUT2D eigenvalue weighted by Gasteiger charge is -2.14. The van der Waals surface area contributed by atoms with Gasteiger partial charge in [-0.15, -0.1) is 11.3 Å². The van der Waals surface area contributed by atoms with Crippen LogP contribution in [-0.4, -0.2) is 29.1 Å². The number of carbonyl (C=O) groups is 1. The van der Waals surface area contributed by atoms with Gasteiger partial charge in [-0.3, -0.25) is 14.7 Å². The summed E-state index contributed by atoms with van der Waals surface area (Å²) in [5, 5.41) is 2.91. The van der Waals surface area contributed by atoms with Gasteiger partial charge in [0.25, 0.3) is 5.91 Å². The van der Waals surface area contributed by atoms with Crippen LogP contribution < -0.4 is 0 Å². The topological polar surface area (TPSA) is 32.7 Å². The molecule has 0 aliphatic carbocycles. The molecule has 21 heavy (non-hydrogen) atoms. The fourth-order valence-electron chi connectivity index (χ4n) is 1.97. The van der Waals surface area contributed by atoms with Crippen LogP contribution in [0, 0.1) is 0 Å². The smallest absolute Gasteiger partial charge is 0.266 e. The fraction of sp³-hybridized carbons (Fsp3) is 0.500. The molecular formula is C16H22N2OS2. The molecule has 0 aromatic carbocycles. The third kappa shape index (κ3) is 4.45. The largest absolute Gasteiger partial charge is 0.287 e. The average molecular weight is 322 g/mol. The van der Waals surface area contributed by atoms with E-state index >= 15 is 0 Å². The lowest BCUT2D eigenvalue weighted by molar-refractivity contribution is -0.122. The number of thiophene rings is 1. The van der Waals surface area contributed by atoms with Crippen LogP contribution in [0.4, 0.5) is 0 Å². The van der Waals surface area contributed by atoms with E-state index in [4.69, 9.17) is 0 Å². The lowest BCUT2D eigenvalue weighted by atomic mass is 10.3. The van der Waals surface area contributed by atoms with Crippen molar-refractivity contribution in [3.8, 4) is 0 Å². The average Bonchev–Trinajstić information content (AvgIpc) is 3.08. The Morgan fingerprint density at radius 2 is 2.10 bits per heavy atom. The molecule has 0 N–H and O–H groups in total. The molecule has 1 saturated heterocycles. The van der Waals surface area contributed by atoms with Gasteiger partial charge in [0.15, 0.2) is 5.17 Å². The summed E-state index contributed by atoms with van der Waals surface area (Å²) in [5.74, 6) is 0.108. The van der Waals surface area contributed by atoms with Gasteiger partial charge in [0.05, 0.1) is 4.91 Å². The van der Waals surface area contributed by atoms with Crippen molar-refractivity contribution in [3.05, 3.63) is 27.3 Å². The third-order valence-electron chi connectivity index (χ3n) is 3.20. The highest BCUT2D eigenvalue weighted by Gasteiger charge is 2.32. The number of aliphatic imine (C=N–C) groups is 1. The molecule has 1 aromatic heterocycles. The molecule has 1 aromatic rings. The second-order valence-electron chi connectivity index (χ2n) is 4.95. The van der Waals surface area contributed by atoms with E-state index in [2.05, 4.69) is 18.8 Å². The molecule has 0 spiro atoms. The molecule has 5 heteroatoms. The van der Waals surface area contributed by atoms with Crippen LogP contribution in [0.5, 0.6) is 0 Å². The van der Waals surface area contributed by atoms with Crippen molar-refractivity contribution in [3.63, 3.8) is 0 Å². The first-order chi connectivity index (χ1) is 10.3. The molecule has 1 aliphatic heterocycles. The predicted molar refractivity (Wildman–Crippen MR) is 93.7 cm³/mol. The summed E-state index contributed by atoms with van der Waals surface area (Å²) in [6.45, 7) is 5.88. The quantitative estimate of drug-likeness (QED) is 0.542. The summed E-state index contributed by atoms with van der Waals surface area (Å²) in [7, 11) is 0. The van der Waals surface area contributed by atoms with Gasteiger partial charge >= 0.3 is 0 Å². The number of amides is 1. The zero-order chi connectivity index (χ0) is 15.1. The maximum absolute atomic E-state index is 12.5. The second-order valence-corrected chi connectivity index (χ2v) is 6.94. The van der Waals surface area contributed by atoms with Gasteiger partial charge in [-0.05, 0) is 42.1 Å². The molecule has 3 nitrogen and oxygen atoms in total. The monoisotopic (exact) mass is 322 g/mol. The number of carbonyl (C=O) groups excluding carboxylic acids is 1. The van der Waals surface area contributed by atoms with Gasteiger partial charge in [0.1, 0.15) is 0 Å². The second kappa shape index (κ2) is 8.39. The number of nitrogens with zero attached hydrogens (tertiary/aromatic N) is 2. The summed E-state index contributed by atoms with van der Waals surface area (Å²) < 4.78 is 0. The van der Waals surface area contributed by atoms with Gasteiger partial charge in [-0.25, -0.2) is 0 Å². The van der Waals surface area contributed by atoms with E-state index in [1.807, 2.05) is 28.5 Å². The molecule has 1 fully saturated rings. The van der Waals surface area contributed by atoms with Crippen LogP contribution in [0.15, 0.2) is 27.4 Å². The minimum Gasteiger partial charge on any atom is -0.287 e. The Labute approximate surface area is 135 Å². The Balaban J connectivity index is 2.15. The van der Waals surface area contributed by atoms with Crippen molar-refractivity contribution >= 4 is 40.2 Å². The van der Waals surface area contributed by atoms with Crippen molar-refractivity contribution in [2.45, 2.75) is 39.5 Å². The number of amidine groups is 1. The predicted octanol–water partition coefficient (Wildman–Crippen LogP) is 4.62. The minimum atomic E-state index is 0.108. The van der Waals surface area contributed by atoms with Gasteiger partial charge < -0.3 is 0 Å². The Morgan fingerprint density at radius 1 is 1.29 bits per heavy atom. The molecule has 0 saturated carbocycles. The molecule has 0 radical (unpaired) electrons. The summed E-state index contributed by atoms with van der Waals surface area (Å²) in [6, 6.07) is 4.04. The molecule has 1 amide bonds. The Morgan fingerprint density at radius 3 is 2.76 bits per heavy atom. The highest BCUT2D eigenvalue weighted by molar-refractivity contribution is 8.18. The standard InChI is InChI=1S/C16H22N2OS2/c1-3-5-9-17-16-18(10-6-4-2)15(19)14(21-16)12-13-8-7-11-20-13/h7-8,11-12H,3-6,9-10H2,1-2H3/b14-12+,17-16?. The maximum atomic E-state index is 12.5. The van der Waals surface area contributed by atoms with Gasteiger partial charge in [0.2, 0.25) is 0 Å². The van der Waals surface area contributed by atoms with E-state index in [-0.39, 0.29) is 5.91 Å². The first-order valence-corrected chi connectivity index (χ1v) is 9.25. The normalized spacial score (nSPS) is 19.1. The van der Waals surface area contributed by atoms with Crippen molar-refractivity contribution in [2.75, 3.05) is 13.1 Å². The van der Waals surface area contributed by atoms with Crippen molar-refractivity contribution in [1.29, 1.82) is 0 Å². The molecule has 0 unspecified atom stereocenters. The van der Waals surface area contributed by atoms with E-state index < -0.39 is 0 Å². The first kappa shape index (κ1) is 16.3. The van der Waals surface area contributed by atoms with Gasteiger partial charge in [0, 0.05) is 18.0 Å². The summed E-state index contributed by atoms with van der Waals surface area (Å²) in [6.07, 6.45) is 6.29. The molecule has 114 valence electrons. The van der Waals surface area contributed by atoms with Crippen molar-refractivity contribution < 1.29 is 4.79 Å². The molecule has 2 rings (SSSR count). The Bertz CT molecular complexity index is 520. The number of thioether (sulfide) groups is 1. The number of hydrogen-bond donors (Lipinski definition) is 0. The lowest BCUT2D eigenvalue weighted by Crippen LogP contribution is -2.30. The van der Waals surface area contributed by atoms with E-state index in [0.717, 1.165) is 53.7 Å². The van der Waals surface area contributed by atoms with E-state index in [0.29, 0.717) is 0 Å². The number of hydrogen-bond acceptors (Lipinski definition) is 4. The number of unbranched alkanes of at least 4 members (excludes halogenated alkanes) is 2. The summed E-state index contributed by atoms with van der Waals surface area (Å²) in [4.78, 5) is 20.9. The maximum Gasteiger partial charge on any atom is 0.266 e. The molecular weight excluding hydrogens is 300 g/mol. The van der Waals surface area contributed by atoms with E-state index in [1.54, 1.807) is 11.3 Å². The van der Waals surface area contributed by atoms with Crippen LogP contribution in [0.3, 0.4) is 0 Å². The molecule has 0 atom stereocenters. The third-order valence-corrected chi connectivity index (χ3v) is 5.06. The van der Waals surface area contributed by atoms with Gasteiger partial charge in [-0.1, -0.05) is 32.8 Å². The van der Waals surface area contributed by atoms with Crippen LogP contribution in [0.25, 0.3) is 6.08 Å². The minimum absolute atomic E-state index is 0.108. The zero-order valence-corrected chi connectivity index (χ0v) is 14.3. The molecule has 0 bridgehead atoms. The highest BCUT2D eigenvalue weighted by Crippen LogP contribution is 2.33. The Kier molecular flexibility index (Phi) is 6.51. The van der Waals surface area contributed by atoms with Crippen LogP contribution in [0.1, 0.15) is 44.4 Å². The fourth-order valence-corrected chi connectivity index (χ4v) is 3.73. The first-order valence-electron chi connectivity index (χ1n) is 7.55. The molecule has 2 heterocycles. The number of rotatable bonds is 7. The SMILES string of the molecule is CCCCN=C1S/C(=C/c2cccs2)C(=O)N1CCCC. The van der Waals surface area contributed by atoms with E-state index in [9.17, 15) is 4.79 Å². The van der Waals surface area contributed by atoms with E-state index in [1.165, 1.54) is 11.8 Å². The van der Waals surface area contributed by atoms with Crippen molar-refractivity contribution in [1.82, 2.24) is 4.90 Å². The summed E-state index contributed by atoms with van der Waals surface area (Å²) >= 11 is 3.17. The molecule has 1 aliphatic rings.